The molecule has 3 N–H and O–H groups in total. The molecule has 5 heteroatoms. The number of phenols is 1. The van der Waals surface area contributed by atoms with Crippen LogP contribution in [0.2, 0.25) is 0 Å². The summed E-state index contributed by atoms with van der Waals surface area (Å²) in [5.74, 6) is -0.276. The standard InChI is InChI=1S/C14H18O4S/c15-11-1-3-12(4-2-11)19-9-14(18)7-5-10(6-8-14)13(16)17/h1-4,10,15,18H,5-9H2,(H,16,17). The molecule has 1 aliphatic carbocycles. The first-order chi connectivity index (χ1) is 8.98. The summed E-state index contributed by atoms with van der Waals surface area (Å²) < 4.78 is 0. The largest absolute Gasteiger partial charge is 0.508 e. The number of rotatable bonds is 4. The number of aromatic hydroxyl groups is 1. The summed E-state index contributed by atoms with van der Waals surface area (Å²) in [5.41, 5.74) is -0.769. The number of aliphatic hydroxyl groups is 1. The van der Waals surface area contributed by atoms with E-state index in [0.29, 0.717) is 31.4 Å². The van der Waals surface area contributed by atoms with Gasteiger partial charge in [0, 0.05) is 10.6 Å². The quantitative estimate of drug-likeness (QED) is 0.740. The van der Waals surface area contributed by atoms with Crippen LogP contribution in [-0.4, -0.2) is 32.6 Å². The molecule has 0 aliphatic heterocycles. The highest BCUT2D eigenvalue weighted by molar-refractivity contribution is 7.99. The molecule has 0 amide bonds. The molecule has 0 radical (unpaired) electrons. The second-order valence-electron chi connectivity index (χ2n) is 5.12. The summed E-state index contributed by atoms with van der Waals surface area (Å²) in [6.45, 7) is 0. The van der Waals surface area contributed by atoms with Gasteiger partial charge in [0.2, 0.25) is 0 Å². The Balaban J connectivity index is 1.86. The van der Waals surface area contributed by atoms with Crippen LogP contribution in [-0.2, 0) is 4.79 Å². The fraction of sp³-hybridized carbons (Fsp3) is 0.500. The Morgan fingerprint density at radius 1 is 1.26 bits per heavy atom. The molecule has 1 aliphatic rings. The molecule has 0 saturated heterocycles. The molecule has 0 heterocycles. The van der Waals surface area contributed by atoms with E-state index in [4.69, 9.17) is 5.11 Å². The molecule has 4 nitrogen and oxygen atoms in total. The number of hydrogen-bond acceptors (Lipinski definition) is 4. The average molecular weight is 282 g/mol. The first-order valence-corrected chi connectivity index (χ1v) is 7.34. The van der Waals surface area contributed by atoms with E-state index in [1.165, 1.54) is 11.8 Å². The number of carbonyl (C=O) groups is 1. The third-order valence-electron chi connectivity index (χ3n) is 3.61. The Kier molecular flexibility index (Phi) is 4.37. The predicted molar refractivity (Wildman–Crippen MR) is 73.4 cm³/mol. The van der Waals surface area contributed by atoms with E-state index in [0.717, 1.165) is 4.90 Å². The van der Waals surface area contributed by atoms with Crippen molar-refractivity contribution in [3.8, 4) is 5.75 Å². The van der Waals surface area contributed by atoms with Gasteiger partial charge in [0.05, 0.1) is 11.5 Å². The van der Waals surface area contributed by atoms with Crippen molar-refractivity contribution in [1.29, 1.82) is 0 Å². The van der Waals surface area contributed by atoms with E-state index in [2.05, 4.69) is 0 Å². The number of aliphatic carboxylic acids is 1. The maximum absolute atomic E-state index is 10.9. The third kappa shape index (κ3) is 3.88. The summed E-state index contributed by atoms with van der Waals surface area (Å²) in [6.07, 6.45) is 2.16. The SMILES string of the molecule is O=C(O)C1CCC(O)(CSc2ccc(O)cc2)CC1. The minimum absolute atomic E-state index is 0.227. The maximum Gasteiger partial charge on any atom is 0.306 e. The molecule has 0 aromatic heterocycles. The Labute approximate surface area is 116 Å². The molecule has 19 heavy (non-hydrogen) atoms. The maximum atomic E-state index is 10.9. The molecule has 1 saturated carbocycles. The Morgan fingerprint density at radius 3 is 2.37 bits per heavy atom. The van der Waals surface area contributed by atoms with E-state index < -0.39 is 11.6 Å². The van der Waals surface area contributed by atoms with Crippen LogP contribution in [0.4, 0.5) is 0 Å². The third-order valence-corrected chi connectivity index (χ3v) is 4.90. The van der Waals surface area contributed by atoms with Crippen molar-refractivity contribution in [1.82, 2.24) is 0 Å². The molecule has 1 aromatic rings. The van der Waals surface area contributed by atoms with Gasteiger partial charge in [-0.25, -0.2) is 0 Å². The zero-order valence-electron chi connectivity index (χ0n) is 10.6. The molecule has 0 atom stereocenters. The van der Waals surface area contributed by atoms with Crippen LogP contribution < -0.4 is 0 Å². The number of carboxylic acid groups (broad SMARTS) is 1. The van der Waals surface area contributed by atoms with E-state index in [9.17, 15) is 15.0 Å². The van der Waals surface area contributed by atoms with Gasteiger partial charge in [0.25, 0.3) is 0 Å². The van der Waals surface area contributed by atoms with Crippen LogP contribution in [0.5, 0.6) is 5.75 Å². The molecule has 0 unspecified atom stereocenters. The highest BCUT2D eigenvalue weighted by Gasteiger charge is 2.35. The fourth-order valence-corrected chi connectivity index (χ4v) is 3.36. The Morgan fingerprint density at radius 2 is 1.84 bits per heavy atom. The summed E-state index contributed by atoms with van der Waals surface area (Å²) in [7, 11) is 0. The van der Waals surface area contributed by atoms with Gasteiger partial charge in [0.1, 0.15) is 5.75 Å². The van der Waals surface area contributed by atoms with Crippen molar-refractivity contribution in [3.63, 3.8) is 0 Å². The average Bonchev–Trinajstić information content (AvgIpc) is 2.39. The lowest BCUT2D eigenvalue weighted by atomic mass is 9.80. The normalized spacial score (nSPS) is 27.1. The van der Waals surface area contributed by atoms with Gasteiger partial charge in [-0.15, -0.1) is 11.8 Å². The number of hydrogen-bond donors (Lipinski definition) is 3. The number of thioether (sulfide) groups is 1. The van der Waals surface area contributed by atoms with Crippen LogP contribution in [0.15, 0.2) is 29.2 Å². The molecule has 0 bridgehead atoms. The van der Waals surface area contributed by atoms with E-state index >= 15 is 0 Å². The van der Waals surface area contributed by atoms with Crippen molar-refractivity contribution in [2.24, 2.45) is 5.92 Å². The summed E-state index contributed by atoms with van der Waals surface area (Å²) in [6, 6.07) is 6.86. The fourth-order valence-electron chi connectivity index (χ4n) is 2.31. The lowest BCUT2D eigenvalue weighted by Gasteiger charge is -2.34. The van der Waals surface area contributed by atoms with Gasteiger partial charge in [-0.1, -0.05) is 0 Å². The molecule has 2 rings (SSSR count). The van der Waals surface area contributed by atoms with Crippen LogP contribution >= 0.6 is 11.8 Å². The van der Waals surface area contributed by atoms with Crippen molar-refractivity contribution in [2.45, 2.75) is 36.2 Å². The minimum atomic E-state index is -0.769. The molecule has 1 aromatic carbocycles. The summed E-state index contributed by atoms with van der Waals surface area (Å²) >= 11 is 1.54. The highest BCUT2D eigenvalue weighted by Crippen LogP contribution is 2.36. The minimum Gasteiger partial charge on any atom is -0.508 e. The first-order valence-electron chi connectivity index (χ1n) is 6.35. The number of carboxylic acids is 1. The summed E-state index contributed by atoms with van der Waals surface area (Å²) in [5, 5.41) is 28.5. The lowest BCUT2D eigenvalue weighted by Crippen LogP contribution is -2.38. The van der Waals surface area contributed by atoms with E-state index in [1.54, 1.807) is 12.1 Å². The Hall–Kier alpha value is -1.20. The van der Waals surface area contributed by atoms with Gasteiger partial charge in [-0.2, -0.15) is 0 Å². The van der Waals surface area contributed by atoms with Gasteiger partial charge in [-0.3, -0.25) is 4.79 Å². The first kappa shape index (κ1) is 14.2. The zero-order chi connectivity index (χ0) is 13.9. The van der Waals surface area contributed by atoms with Gasteiger partial charge < -0.3 is 15.3 Å². The van der Waals surface area contributed by atoms with E-state index in [1.807, 2.05) is 12.1 Å². The van der Waals surface area contributed by atoms with Gasteiger partial charge in [-0.05, 0) is 49.9 Å². The highest BCUT2D eigenvalue weighted by atomic mass is 32.2. The van der Waals surface area contributed by atoms with Crippen LogP contribution in [0.25, 0.3) is 0 Å². The molecular weight excluding hydrogens is 264 g/mol. The Bertz CT molecular complexity index is 435. The molecule has 104 valence electrons. The van der Waals surface area contributed by atoms with E-state index in [-0.39, 0.29) is 11.7 Å². The topological polar surface area (TPSA) is 77.8 Å². The van der Waals surface area contributed by atoms with Gasteiger partial charge in [0.15, 0.2) is 0 Å². The van der Waals surface area contributed by atoms with Crippen LogP contribution in [0, 0.1) is 5.92 Å². The van der Waals surface area contributed by atoms with Crippen molar-refractivity contribution >= 4 is 17.7 Å². The van der Waals surface area contributed by atoms with Crippen LogP contribution in [0.1, 0.15) is 25.7 Å². The van der Waals surface area contributed by atoms with Crippen LogP contribution in [0.3, 0.4) is 0 Å². The second kappa shape index (κ2) is 5.84. The number of benzene rings is 1. The molecule has 1 fully saturated rings. The predicted octanol–water partition coefficient (Wildman–Crippen LogP) is 2.49. The van der Waals surface area contributed by atoms with Crippen molar-refractivity contribution in [3.05, 3.63) is 24.3 Å². The molecule has 0 spiro atoms. The summed E-state index contributed by atoms with van der Waals surface area (Å²) in [4.78, 5) is 11.9. The molecular formula is C14H18O4S. The monoisotopic (exact) mass is 282 g/mol. The second-order valence-corrected chi connectivity index (χ2v) is 6.17. The van der Waals surface area contributed by atoms with Crippen molar-refractivity contribution < 1.29 is 20.1 Å². The van der Waals surface area contributed by atoms with Crippen molar-refractivity contribution in [2.75, 3.05) is 5.75 Å². The smallest absolute Gasteiger partial charge is 0.306 e. The van der Waals surface area contributed by atoms with Gasteiger partial charge >= 0.3 is 5.97 Å². The lowest BCUT2D eigenvalue weighted by molar-refractivity contribution is -0.144. The zero-order valence-corrected chi connectivity index (χ0v) is 11.4. The number of phenolic OH excluding ortho intramolecular Hbond substituents is 1.